The molecule has 8 heteroatoms. The van der Waals surface area contributed by atoms with Crippen LogP contribution in [0, 0.1) is 0 Å². The molecule has 1 saturated heterocycles. The Morgan fingerprint density at radius 3 is 2.21 bits per heavy atom. The summed E-state index contributed by atoms with van der Waals surface area (Å²) in [6.07, 6.45) is 1.35. The van der Waals surface area contributed by atoms with Gasteiger partial charge in [0.2, 0.25) is 5.91 Å². The second-order valence-corrected chi connectivity index (χ2v) is 8.52. The average Bonchev–Trinajstić information content (AvgIpc) is 2.76. The van der Waals surface area contributed by atoms with Crippen molar-refractivity contribution in [2.24, 2.45) is 5.73 Å². The Morgan fingerprint density at radius 1 is 1.14 bits per heavy atom. The summed E-state index contributed by atoms with van der Waals surface area (Å²) in [4.78, 5) is 27.9. The van der Waals surface area contributed by atoms with E-state index in [9.17, 15) is 9.59 Å². The number of benzene rings is 2. The normalized spacial score (nSPS) is 20.7. The Hall–Kier alpha value is -1.93. The van der Waals surface area contributed by atoms with Crippen molar-refractivity contribution in [3.8, 4) is 0 Å². The molecule has 2 heterocycles. The average molecular weight is 449 g/mol. The molecule has 29 heavy (non-hydrogen) atoms. The maximum Gasteiger partial charge on any atom is 0.356 e. The van der Waals surface area contributed by atoms with E-state index in [1.165, 1.54) is 16.7 Å². The fourth-order valence-electron chi connectivity index (χ4n) is 3.38. The van der Waals surface area contributed by atoms with E-state index in [4.69, 9.17) is 10.5 Å². The number of nitrogens with two attached hydrogens (primary N) is 1. The van der Waals surface area contributed by atoms with Crippen LogP contribution in [0.2, 0.25) is 0 Å². The maximum atomic E-state index is 13.2. The van der Waals surface area contributed by atoms with Gasteiger partial charge in [0.15, 0.2) is 6.10 Å². The van der Waals surface area contributed by atoms with Gasteiger partial charge in [0, 0.05) is 10.7 Å². The van der Waals surface area contributed by atoms with E-state index in [2.05, 4.69) is 0 Å². The molecule has 0 aliphatic carbocycles. The lowest BCUT2D eigenvalue weighted by atomic mass is 10.0. The van der Waals surface area contributed by atoms with Crippen molar-refractivity contribution in [2.75, 3.05) is 12.0 Å². The first-order valence-electron chi connectivity index (χ1n) is 8.90. The molecule has 1 fully saturated rings. The Labute approximate surface area is 184 Å². The summed E-state index contributed by atoms with van der Waals surface area (Å²) in [5.41, 5.74) is 8.00. The van der Waals surface area contributed by atoms with Crippen molar-refractivity contribution in [1.82, 2.24) is 4.90 Å². The summed E-state index contributed by atoms with van der Waals surface area (Å²) in [5.74, 6) is -0.0750. The largest absolute Gasteiger partial charge is 0.448 e. The van der Waals surface area contributed by atoms with Gasteiger partial charge in [-0.05, 0) is 17.4 Å². The van der Waals surface area contributed by atoms with E-state index >= 15 is 0 Å². The highest BCUT2D eigenvalue weighted by Gasteiger charge is 2.52. The Bertz CT molecular complexity index is 885. The number of hydrogen-bond donors (Lipinski definition) is 1. The summed E-state index contributed by atoms with van der Waals surface area (Å²) in [6, 6.07) is 18.7. The number of fused-ring (bicyclic) bond motifs is 1. The van der Waals surface area contributed by atoms with Crippen molar-refractivity contribution in [3.63, 3.8) is 0 Å². The summed E-state index contributed by atoms with van der Waals surface area (Å²) in [7, 11) is 0. The van der Waals surface area contributed by atoms with Gasteiger partial charge in [-0.2, -0.15) is 0 Å². The van der Waals surface area contributed by atoms with Gasteiger partial charge in [-0.3, -0.25) is 9.69 Å². The monoisotopic (exact) mass is 448 g/mol. The van der Waals surface area contributed by atoms with E-state index < -0.39 is 18.1 Å². The van der Waals surface area contributed by atoms with Gasteiger partial charge in [-0.15, -0.1) is 35.9 Å². The van der Waals surface area contributed by atoms with Crippen LogP contribution in [-0.2, 0) is 14.3 Å². The van der Waals surface area contributed by atoms with E-state index in [1.54, 1.807) is 11.8 Å². The smallest absolute Gasteiger partial charge is 0.356 e. The minimum Gasteiger partial charge on any atom is -0.448 e. The summed E-state index contributed by atoms with van der Waals surface area (Å²) >= 11 is 3.05. The van der Waals surface area contributed by atoms with Crippen molar-refractivity contribution in [1.29, 1.82) is 0 Å². The number of ether oxygens (including phenoxy) is 1. The molecule has 0 saturated carbocycles. The maximum absolute atomic E-state index is 13.2. The third-order valence-corrected chi connectivity index (χ3v) is 7.16. The molecule has 2 aromatic carbocycles. The first-order chi connectivity index (χ1) is 13.6. The number of thioether (sulfide) groups is 2. The number of carbonyl (C=O) groups excluding carboxylic acids is 2. The molecule has 4 rings (SSSR count). The zero-order chi connectivity index (χ0) is 19.7. The van der Waals surface area contributed by atoms with Gasteiger partial charge in [0.05, 0.1) is 0 Å². The van der Waals surface area contributed by atoms with Gasteiger partial charge in [0.1, 0.15) is 17.1 Å². The third-order valence-electron chi connectivity index (χ3n) is 4.84. The molecule has 2 aliphatic rings. The van der Waals surface area contributed by atoms with Crippen molar-refractivity contribution >= 4 is 47.8 Å². The lowest BCUT2D eigenvalue weighted by Gasteiger charge is -2.48. The van der Waals surface area contributed by atoms with Crippen LogP contribution in [0.15, 0.2) is 71.3 Å². The molecule has 2 aliphatic heterocycles. The topological polar surface area (TPSA) is 72.6 Å². The van der Waals surface area contributed by atoms with Crippen LogP contribution in [0.3, 0.4) is 0 Å². The van der Waals surface area contributed by atoms with Gasteiger partial charge in [0.25, 0.3) is 0 Å². The molecule has 0 radical (unpaired) electrons. The molecular weight excluding hydrogens is 428 g/mol. The SMILES string of the molecule is CSC1=C(C(=O)OC(c2ccccc2)c2ccccc2)N2C(=O)C(N)[C@H]2SC1.Cl. The van der Waals surface area contributed by atoms with Crippen LogP contribution in [0.25, 0.3) is 0 Å². The Balaban J connectivity index is 0.00000240. The molecule has 2 N–H and O–H groups in total. The predicted octanol–water partition coefficient (Wildman–Crippen LogP) is 3.56. The number of halogens is 1. The van der Waals surface area contributed by atoms with E-state index in [0.29, 0.717) is 11.4 Å². The number of amides is 1. The summed E-state index contributed by atoms with van der Waals surface area (Å²) in [6.45, 7) is 0. The van der Waals surface area contributed by atoms with Gasteiger partial charge in [-0.1, -0.05) is 60.7 Å². The van der Waals surface area contributed by atoms with E-state index in [0.717, 1.165) is 16.0 Å². The van der Waals surface area contributed by atoms with Crippen molar-refractivity contribution in [3.05, 3.63) is 82.4 Å². The number of nitrogens with zero attached hydrogens (tertiary/aromatic N) is 1. The second kappa shape index (κ2) is 9.26. The Kier molecular flexibility index (Phi) is 6.95. The van der Waals surface area contributed by atoms with Crippen molar-refractivity contribution < 1.29 is 14.3 Å². The van der Waals surface area contributed by atoms with Crippen LogP contribution in [0.4, 0.5) is 0 Å². The van der Waals surface area contributed by atoms with Crippen LogP contribution in [0.1, 0.15) is 17.2 Å². The second-order valence-electron chi connectivity index (χ2n) is 6.52. The molecule has 1 unspecified atom stereocenters. The minimum absolute atomic E-state index is 0. The molecule has 1 amide bonds. The number of hydrogen-bond acceptors (Lipinski definition) is 6. The van der Waals surface area contributed by atoms with Crippen LogP contribution < -0.4 is 5.73 Å². The zero-order valence-corrected chi connectivity index (χ0v) is 18.1. The predicted molar refractivity (Wildman–Crippen MR) is 120 cm³/mol. The fraction of sp³-hybridized carbons (Fsp3) is 0.238. The number of carbonyl (C=O) groups is 2. The molecular formula is C21H21ClN2O3S2. The third kappa shape index (κ3) is 4.05. The van der Waals surface area contributed by atoms with E-state index in [-0.39, 0.29) is 23.7 Å². The summed E-state index contributed by atoms with van der Waals surface area (Å²) < 4.78 is 5.98. The first kappa shape index (κ1) is 21.8. The minimum atomic E-state index is -0.560. The molecule has 0 bridgehead atoms. The van der Waals surface area contributed by atoms with Crippen LogP contribution >= 0.6 is 35.9 Å². The molecule has 0 aromatic heterocycles. The first-order valence-corrected chi connectivity index (χ1v) is 11.2. The standard InChI is InChI=1S/C21H20N2O3S2.ClH/c1-27-15-12-28-20-16(22)19(24)23(20)17(15)21(25)26-18(13-8-4-2-5-9-13)14-10-6-3-7-11-14;/h2-11,16,18,20H,12,22H2,1H3;1H/t16?,20-;/m1./s1. The highest BCUT2D eigenvalue weighted by molar-refractivity contribution is 8.05. The Morgan fingerprint density at radius 2 is 1.69 bits per heavy atom. The van der Waals surface area contributed by atoms with Crippen LogP contribution in [0.5, 0.6) is 0 Å². The van der Waals surface area contributed by atoms with Gasteiger partial charge < -0.3 is 10.5 Å². The van der Waals surface area contributed by atoms with E-state index in [1.807, 2.05) is 66.9 Å². The lowest BCUT2D eigenvalue weighted by Crippen LogP contribution is -2.68. The summed E-state index contributed by atoms with van der Waals surface area (Å²) in [5, 5.41) is -0.196. The molecule has 2 atom stereocenters. The highest BCUT2D eigenvalue weighted by atomic mass is 35.5. The number of esters is 1. The molecule has 152 valence electrons. The van der Waals surface area contributed by atoms with Crippen LogP contribution in [-0.4, -0.2) is 40.2 Å². The fourth-order valence-corrected chi connectivity index (χ4v) is 5.57. The molecule has 5 nitrogen and oxygen atoms in total. The lowest BCUT2D eigenvalue weighted by molar-refractivity contribution is -0.152. The van der Waals surface area contributed by atoms with Crippen molar-refractivity contribution in [2.45, 2.75) is 17.5 Å². The van der Waals surface area contributed by atoms with Gasteiger partial charge in [-0.25, -0.2) is 4.79 Å². The van der Waals surface area contributed by atoms with Gasteiger partial charge >= 0.3 is 5.97 Å². The zero-order valence-electron chi connectivity index (χ0n) is 15.7. The number of rotatable bonds is 5. The molecule has 0 spiro atoms. The quantitative estimate of drug-likeness (QED) is 0.557. The highest BCUT2D eigenvalue weighted by Crippen LogP contribution is 2.43. The molecule has 2 aromatic rings. The number of β-lactam (4-membered cyclic amide) rings is 1.